The molecule has 5 nitrogen and oxygen atoms in total. The first-order valence-electron chi connectivity index (χ1n) is 7.34. The van der Waals surface area contributed by atoms with E-state index in [9.17, 15) is 4.79 Å². The van der Waals surface area contributed by atoms with E-state index >= 15 is 0 Å². The summed E-state index contributed by atoms with van der Waals surface area (Å²) in [5.74, 6) is 1.19. The molecular weight excluding hydrogens is 358 g/mol. The summed E-state index contributed by atoms with van der Waals surface area (Å²) in [7, 11) is 0. The van der Waals surface area contributed by atoms with Gasteiger partial charge in [-0.25, -0.2) is 4.98 Å². The van der Waals surface area contributed by atoms with Crippen molar-refractivity contribution in [2.75, 3.05) is 11.9 Å². The molecule has 2 aromatic carbocycles. The van der Waals surface area contributed by atoms with Crippen molar-refractivity contribution < 1.29 is 9.53 Å². The van der Waals surface area contributed by atoms with E-state index in [-0.39, 0.29) is 5.91 Å². The minimum atomic E-state index is -0.0801. The smallest absolute Gasteiger partial charge is 0.226 e. The molecule has 0 saturated carbocycles. The molecule has 0 bridgehead atoms. The van der Waals surface area contributed by atoms with Gasteiger partial charge in [-0.3, -0.25) is 10.1 Å². The van der Waals surface area contributed by atoms with Gasteiger partial charge >= 0.3 is 0 Å². The Morgan fingerprint density at radius 3 is 2.74 bits per heavy atom. The Labute approximate surface area is 142 Å². The second-order valence-corrected chi connectivity index (χ2v) is 5.97. The summed E-state index contributed by atoms with van der Waals surface area (Å²) in [6.45, 7) is 0.495. The lowest BCUT2D eigenvalue weighted by Gasteiger charge is -2.06. The molecule has 0 aliphatic carbocycles. The molecule has 23 heavy (non-hydrogen) atoms. The van der Waals surface area contributed by atoms with Gasteiger partial charge in [-0.15, -0.1) is 0 Å². The van der Waals surface area contributed by atoms with E-state index in [4.69, 9.17) is 4.74 Å². The van der Waals surface area contributed by atoms with Gasteiger partial charge in [0, 0.05) is 10.9 Å². The van der Waals surface area contributed by atoms with E-state index in [1.54, 1.807) is 0 Å². The number of carbonyl (C=O) groups excluding carboxylic acids is 1. The standard InChI is InChI=1S/C17H16BrN3O2/c18-12-7-9-13(10-8-12)23-11-3-6-16(22)21-17-19-14-4-1-2-5-15(14)20-17/h1-2,4-5,7-10H,3,6,11H2,(H2,19,20,21,22). The van der Waals surface area contributed by atoms with Crippen LogP contribution in [-0.4, -0.2) is 22.5 Å². The predicted octanol–water partition coefficient (Wildman–Crippen LogP) is 4.12. The largest absolute Gasteiger partial charge is 0.494 e. The molecule has 0 aliphatic heterocycles. The lowest BCUT2D eigenvalue weighted by atomic mass is 10.3. The summed E-state index contributed by atoms with van der Waals surface area (Å²) in [6, 6.07) is 15.3. The number of halogens is 1. The van der Waals surface area contributed by atoms with Crippen LogP contribution in [0.1, 0.15) is 12.8 Å². The monoisotopic (exact) mass is 373 g/mol. The van der Waals surface area contributed by atoms with Gasteiger partial charge < -0.3 is 9.72 Å². The fraction of sp³-hybridized carbons (Fsp3) is 0.176. The van der Waals surface area contributed by atoms with E-state index in [0.29, 0.717) is 25.4 Å². The van der Waals surface area contributed by atoms with Crippen molar-refractivity contribution in [3.05, 3.63) is 53.0 Å². The molecule has 2 N–H and O–H groups in total. The molecule has 1 aromatic heterocycles. The van der Waals surface area contributed by atoms with E-state index in [2.05, 4.69) is 31.2 Å². The lowest BCUT2D eigenvalue weighted by molar-refractivity contribution is -0.116. The van der Waals surface area contributed by atoms with Crippen LogP contribution in [0.25, 0.3) is 11.0 Å². The fourth-order valence-electron chi connectivity index (χ4n) is 2.16. The number of anilines is 1. The van der Waals surface area contributed by atoms with Gasteiger partial charge in [-0.1, -0.05) is 28.1 Å². The first-order valence-corrected chi connectivity index (χ1v) is 8.13. The Balaban J connectivity index is 1.43. The van der Waals surface area contributed by atoms with Gasteiger partial charge in [-0.05, 0) is 42.8 Å². The Hall–Kier alpha value is -2.34. The van der Waals surface area contributed by atoms with Crippen molar-refractivity contribution >= 4 is 38.8 Å². The van der Waals surface area contributed by atoms with Crippen LogP contribution >= 0.6 is 15.9 Å². The number of fused-ring (bicyclic) bond motifs is 1. The Kier molecular flexibility index (Phi) is 4.92. The number of nitrogens with one attached hydrogen (secondary N) is 2. The molecule has 0 spiro atoms. The zero-order valence-corrected chi connectivity index (χ0v) is 14.0. The third-order valence-electron chi connectivity index (χ3n) is 3.28. The number of nitrogens with zero attached hydrogens (tertiary/aromatic N) is 1. The summed E-state index contributed by atoms with van der Waals surface area (Å²) in [5.41, 5.74) is 1.74. The Morgan fingerprint density at radius 1 is 1.17 bits per heavy atom. The SMILES string of the molecule is O=C(CCCOc1ccc(Br)cc1)Nc1nc2ccccc2[nH]1. The maximum Gasteiger partial charge on any atom is 0.226 e. The molecule has 0 atom stereocenters. The first kappa shape index (κ1) is 15.6. The summed E-state index contributed by atoms with van der Waals surface area (Å²) in [4.78, 5) is 19.3. The van der Waals surface area contributed by atoms with Crippen molar-refractivity contribution in [1.29, 1.82) is 0 Å². The molecule has 1 amide bonds. The van der Waals surface area contributed by atoms with Gasteiger partial charge in [0.1, 0.15) is 5.75 Å². The number of rotatable bonds is 6. The minimum absolute atomic E-state index is 0.0801. The predicted molar refractivity (Wildman–Crippen MR) is 93.6 cm³/mol. The molecule has 6 heteroatoms. The van der Waals surface area contributed by atoms with Crippen molar-refractivity contribution in [3.63, 3.8) is 0 Å². The number of hydrogen-bond donors (Lipinski definition) is 2. The minimum Gasteiger partial charge on any atom is -0.494 e. The van der Waals surface area contributed by atoms with Gasteiger partial charge in [-0.2, -0.15) is 0 Å². The molecular formula is C17H16BrN3O2. The van der Waals surface area contributed by atoms with Crippen LogP contribution in [0.15, 0.2) is 53.0 Å². The molecule has 1 heterocycles. The van der Waals surface area contributed by atoms with Crippen molar-refractivity contribution in [1.82, 2.24) is 9.97 Å². The average Bonchev–Trinajstić information content (AvgIpc) is 2.95. The van der Waals surface area contributed by atoms with E-state index in [0.717, 1.165) is 21.3 Å². The van der Waals surface area contributed by atoms with Crippen LogP contribution < -0.4 is 10.1 Å². The normalized spacial score (nSPS) is 10.7. The number of hydrogen-bond acceptors (Lipinski definition) is 3. The number of benzene rings is 2. The van der Waals surface area contributed by atoms with Crippen LogP contribution in [-0.2, 0) is 4.79 Å². The molecule has 0 saturated heterocycles. The molecule has 0 aliphatic rings. The summed E-state index contributed by atoms with van der Waals surface area (Å²) < 4.78 is 6.59. The van der Waals surface area contributed by atoms with Crippen LogP contribution in [0.4, 0.5) is 5.95 Å². The highest BCUT2D eigenvalue weighted by Gasteiger charge is 2.06. The molecule has 0 unspecified atom stereocenters. The second kappa shape index (κ2) is 7.28. The van der Waals surface area contributed by atoms with Gasteiger partial charge in [0.2, 0.25) is 11.9 Å². The number of para-hydroxylation sites is 2. The number of H-pyrrole nitrogens is 1. The highest BCUT2D eigenvalue weighted by Crippen LogP contribution is 2.16. The summed E-state index contributed by atoms with van der Waals surface area (Å²) in [6.07, 6.45) is 1.02. The topological polar surface area (TPSA) is 67.0 Å². The zero-order valence-electron chi connectivity index (χ0n) is 12.4. The highest BCUT2D eigenvalue weighted by molar-refractivity contribution is 9.10. The second-order valence-electron chi connectivity index (χ2n) is 5.06. The third-order valence-corrected chi connectivity index (χ3v) is 3.81. The Bertz CT molecular complexity index is 766. The number of ether oxygens (including phenoxy) is 1. The molecule has 0 radical (unpaired) electrons. The number of aromatic nitrogens is 2. The highest BCUT2D eigenvalue weighted by atomic mass is 79.9. The van der Waals surface area contributed by atoms with E-state index in [1.807, 2.05) is 48.5 Å². The molecule has 0 fully saturated rings. The number of aromatic amines is 1. The number of carbonyl (C=O) groups is 1. The van der Waals surface area contributed by atoms with Crippen molar-refractivity contribution in [3.8, 4) is 5.75 Å². The maximum atomic E-state index is 11.9. The average molecular weight is 374 g/mol. The number of imidazole rings is 1. The van der Waals surface area contributed by atoms with Crippen LogP contribution in [0, 0.1) is 0 Å². The van der Waals surface area contributed by atoms with Gasteiger partial charge in [0.05, 0.1) is 17.6 Å². The Morgan fingerprint density at radius 2 is 1.96 bits per heavy atom. The maximum absolute atomic E-state index is 11.9. The summed E-state index contributed by atoms with van der Waals surface area (Å²) in [5, 5.41) is 2.77. The lowest BCUT2D eigenvalue weighted by Crippen LogP contribution is -2.13. The molecule has 3 rings (SSSR count). The van der Waals surface area contributed by atoms with Crippen LogP contribution in [0.2, 0.25) is 0 Å². The molecule has 118 valence electrons. The van der Waals surface area contributed by atoms with E-state index < -0.39 is 0 Å². The summed E-state index contributed by atoms with van der Waals surface area (Å²) >= 11 is 3.37. The first-order chi connectivity index (χ1) is 11.2. The van der Waals surface area contributed by atoms with Crippen molar-refractivity contribution in [2.45, 2.75) is 12.8 Å². The number of amides is 1. The van der Waals surface area contributed by atoms with Crippen LogP contribution in [0.3, 0.4) is 0 Å². The quantitative estimate of drug-likeness (QED) is 0.638. The van der Waals surface area contributed by atoms with Crippen LogP contribution in [0.5, 0.6) is 5.75 Å². The fourth-order valence-corrected chi connectivity index (χ4v) is 2.42. The third kappa shape index (κ3) is 4.32. The molecule has 3 aromatic rings. The van der Waals surface area contributed by atoms with Crippen molar-refractivity contribution in [2.24, 2.45) is 0 Å². The van der Waals surface area contributed by atoms with Gasteiger partial charge in [0.25, 0.3) is 0 Å². The zero-order chi connectivity index (χ0) is 16.1. The van der Waals surface area contributed by atoms with Gasteiger partial charge in [0.15, 0.2) is 0 Å². The van der Waals surface area contributed by atoms with E-state index in [1.165, 1.54) is 0 Å².